The SMILES string of the molecule is CC(C)CC(NCC(=O)Nc1ccc(Cl)cc1)C(=O)O. The van der Waals surface area contributed by atoms with Gasteiger partial charge in [0.15, 0.2) is 0 Å². The normalized spacial score (nSPS) is 12.2. The molecule has 0 heterocycles. The van der Waals surface area contributed by atoms with Gasteiger partial charge in [-0.25, -0.2) is 0 Å². The molecule has 0 spiro atoms. The number of carbonyl (C=O) groups excluding carboxylic acids is 1. The van der Waals surface area contributed by atoms with E-state index in [1.807, 2.05) is 13.8 Å². The van der Waals surface area contributed by atoms with Crippen LogP contribution in [0.4, 0.5) is 5.69 Å². The van der Waals surface area contributed by atoms with E-state index in [2.05, 4.69) is 10.6 Å². The van der Waals surface area contributed by atoms with Gasteiger partial charge in [0.05, 0.1) is 6.54 Å². The van der Waals surface area contributed by atoms with Crippen LogP contribution < -0.4 is 10.6 Å². The zero-order valence-electron chi connectivity index (χ0n) is 11.5. The molecule has 0 fully saturated rings. The van der Waals surface area contributed by atoms with E-state index in [0.717, 1.165) is 0 Å². The largest absolute Gasteiger partial charge is 0.480 e. The van der Waals surface area contributed by atoms with Gasteiger partial charge in [0.1, 0.15) is 6.04 Å². The first-order chi connectivity index (χ1) is 9.38. The molecule has 0 aliphatic heterocycles. The lowest BCUT2D eigenvalue weighted by Gasteiger charge is -2.16. The second-order valence-corrected chi connectivity index (χ2v) is 5.39. The maximum Gasteiger partial charge on any atom is 0.320 e. The molecule has 6 heteroatoms. The Labute approximate surface area is 123 Å². The van der Waals surface area contributed by atoms with Crippen molar-refractivity contribution in [3.8, 4) is 0 Å². The molecule has 1 rings (SSSR count). The molecular formula is C14H19ClN2O3. The molecule has 20 heavy (non-hydrogen) atoms. The fourth-order valence-electron chi connectivity index (χ4n) is 1.70. The van der Waals surface area contributed by atoms with Crippen molar-refractivity contribution in [2.75, 3.05) is 11.9 Å². The average molecular weight is 299 g/mol. The van der Waals surface area contributed by atoms with Crippen LogP contribution in [0, 0.1) is 5.92 Å². The van der Waals surface area contributed by atoms with Crippen molar-refractivity contribution in [3.05, 3.63) is 29.3 Å². The summed E-state index contributed by atoms with van der Waals surface area (Å²) in [7, 11) is 0. The number of halogens is 1. The number of benzene rings is 1. The molecule has 5 nitrogen and oxygen atoms in total. The third-order valence-electron chi connectivity index (χ3n) is 2.64. The third kappa shape index (κ3) is 6.04. The minimum absolute atomic E-state index is 0.0493. The molecule has 0 aromatic heterocycles. The number of amides is 1. The Kier molecular flexibility index (Phi) is 6.48. The lowest BCUT2D eigenvalue weighted by atomic mass is 10.0. The van der Waals surface area contributed by atoms with Crippen molar-refractivity contribution >= 4 is 29.2 Å². The predicted octanol–water partition coefficient (Wildman–Crippen LogP) is 2.37. The first-order valence-electron chi connectivity index (χ1n) is 6.40. The number of nitrogens with one attached hydrogen (secondary N) is 2. The fourth-order valence-corrected chi connectivity index (χ4v) is 1.82. The monoisotopic (exact) mass is 298 g/mol. The Bertz CT molecular complexity index is 460. The summed E-state index contributed by atoms with van der Waals surface area (Å²) in [4.78, 5) is 22.7. The number of rotatable bonds is 7. The molecule has 1 amide bonds. The summed E-state index contributed by atoms with van der Waals surface area (Å²) < 4.78 is 0. The van der Waals surface area contributed by atoms with E-state index in [4.69, 9.17) is 16.7 Å². The Morgan fingerprint density at radius 1 is 1.25 bits per heavy atom. The molecular weight excluding hydrogens is 280 g/mol. The molecule has 1 aromatic carbocycles. The number of carbonyl (C=O) groups is 2. The lowest BCUT2D eigenvalue weighted by Crippen LogP contribution is -2.42. The van der Waals surface area contributed by atoms with Gasteiger partial charge in [-0.1, -0.05) is 25.4 Å². The minimum atomic E-state index is -0.946. The zero-order valence-corrected chi connectivity index (χ0v) is 12.3. The maximum atomic E-state index is 11.7. The molecule has 0 radical (unpaired) electrons. The van der Waals surface area contributed by atoms with Gasteiger partial charge in [-0.05, 0) is 36.6 Å². The number of aliphatic carboxylic acids is 1. The van der Waals surface area contributed by atoms with Crippen LogP contribution in [0.1, 0.15) is 20.3 Å². The van der Waals surface area contributed by atoms with Crippen molar-refractivity contribution < 1.29 is 14.7 Å². The molecule has 0 aliphatic rings. The highest BCUT2D eigenvalue weighted by atomic mass is 35.5. The first-order valence-corrected chi connectivity index (χ1v) is 6.78. The summed E-state index contributed by atoms with van der Waals surface area (Å²) in [6, 6.07) is 5.99. The smallest absolute Gasteiger partial charge is 0.320 e. The van der Waals surface area contributed by atoms with Crippen LogP contribution in [0.25, 0.3) is 0 Å². The number of carboxylic acid groups (broad SMARTS) is 1. The van der Waals surface area contributed by atoms with Gasteiger partial charge in [-0.15, -0.1) is 0 Å². The number of anilines is 1. The highest BCUT2D eigenvalue weighted by Gasteiger charge is 2.19. The summed E-state index contributed by atoms with van der Waals surface area (Å²) in [6.45, 7) is 3.82. The summed E-state index contributed by atoms with van der Waals surface area (Å²) in [6.07, 6.45) is 0.476. The molecule has 0 bridgehead atoms. The van der Waals surface area contributed by atoms with Crippen LogP contribution in [0.5, 0.6) is 0 Å². The van der Waals surface area contributed by atoms with Crippen LogP contribution in [0.15, 0.2) is 24.3 Å². The van der Waals surface area contributed by atoms with E-state index in [0.29, 0.717) is 17.1 Å². The molecule has 0 saturated carbocycles. The summed E-state index contributed by atoms with van der Waals surface area (Å²) in [5.41, 5.74) is 0.622. The third-order valence-corrected chi connectivity index (χ3v) is 2.89. The standard InChI is InChI=1S/C14H19ClN2O3/c1-9(2)7-12(14(19)20)16-8-13(18)17-11-5-3-10(15)4-6-11/h3-6,9,12,16H,7-8H2,1-2H3,(H,17,18)(H,19,20). The van der Waals surface area contributed by atoms with E-state index in [-0.39, 0.29) is 18.4 Å². The molecule has 0 aliphatic carbocycles. The van der Waals surface area contributed by atoms with Crippen molar-refractivity contribution in [3.63, 3.8) is 0 Å². The maximum absolute atomic E-state index is 11.7. The number of hydrogen-bond acceptors (Lipinski definition) is 3. The van der Waals surface area contributed by atoms with Gasteiger partial charge in [0.25, 0.3) is 0 Å². The van der Waals surface area contributed by atoms with E-state index >= 15 is 0 Å². The van der Waals surface area contributed by atoms with Crippen LogP contribution in [-0.2, 0) is 9.59 Å². The van der Waals surface area contributed by atoms with Gasteiger partial charge < -0.3 is 10.4 Å². The topological polar surface area (TPSA) is 78.4 Å². The molecule has 110 valence electrons. The lowest BCUT2D eigenvalue weighted by molar-refractivity contribution is -0.139. The van der Waals surface area contributed by atoms with E-state index in [1.54, 1.807) is 24.3 Å². The Morgan fingerprint density at radius 2 is 1.85 bits per heavy atom. The first kappa shape index (κ1) is 16.5. The Balaban J connectivity index is 2.45. The zero-order chi connectivity index (χ0) is 15.1. The van der Waals surface area contributed by atoms with Crippen molar-refractivity contribution in [2.45, 2.75) is 26.3 Å². The van der Waals surface area contributed by atoms with Crippen LogP contribution in [0.2, 0.25) is 5.02 Å². The van der Waals surface area contributed by atoms with Crippen LogP contribution in [-0.4, -0.2) is 29.6 Å². The summed E-state index contributed by atoms with van der Waals surface area (Å²) >= 11 is 5.74. The number of carboxylic acids is 1. The summed E-state index contributed by atoms with van der Waals surface area (Å²) in [5.74, 6) is -0.997. The molecule has 1 unspecified atom stereocenters. The van der Waals surface area contributed by atoms with Crippen molar-refractivity contribution in [2.24, 2.45) is 5.92 Å². The van der Waals surface area contributed by atoms with E-state index < -0.39 is 12.0 Å². The molecule has 1 aromatic rings. The van der Waals surface area contributed by atoms with Gasteiger partial charge in [-0.3, -0.25) is 14.9 Å². The van der Waals surface area contributed by atoms with Gasteiger partial charge in [-0.2, -0.15) is 0 Å². The Morgan fingerprint density at radius 3 is 2.35 bits per heavy atom. The van der Waals surface area contributed by atoms with Gasteiger partial charge in [0, 0.05) is 10.7 Å². The molecule has 0 saturated heterocycles. The Hall–Kier alpha value is -1.59. The van der Waals surface area contributed by atoms with E-state index in [1.165, 1.54) is 0 Å². The van der Waals surface area contributed by atoms with Crippen LogP contribution >= 0.6 is 11.6 Å². The predicted molar refractivity (Wildman–Crippen MR) is 79.0 cm³/mol. The highest BCUT2D eigenvalue weighted by Crippen LogP contribution is 2.13. The fraction of sp³-hybridized carbons (Fsp3) is 0.429. The highest BCUT2D eigenvalue weighted by molar-refractivity contribution is 6.30. The van der Waals surface area contributed by atoms with Crippen molar-refractivity contribution in [1.29, 1.82) is 0 Å². The van der Waals surface area contributed by atoms with Crippen molar-refractivity contribution in [1.82, 2.24) is 5.32 Å². The van der Waals surface area contributed by atoms with E-state index in [9.17, 15) is 9.59 Å². The molecule has 3 N–H and O–H groups in total. The second kappa shape index (κ2) is 7.87. The van der Waals surface area contributed by atoms with Gasteiger partial charge in [0.2, 0.25) is 5.91 Å². The van der Waals surface area contributed by atoms with Crippen LogP contribution in [0.3, 0.4) is 0 Å². The summed E-state index contributed by atoms with van der Waals surface area (Å²) in [5, 5.41) is 15.0. The van der Waals surface area contributed by atoms with Gasteiger partial charge >= 0.3 is 5.97 Å². The number of hydrogen-bond donors (Lipinski definition) is 3. The second-order valence-electron chi connectivity index (χ2n) is 4.96. The quantitative estimate of drug-likeness (QED) is 0.722. The molecule has 1 atom stereocenters. The average Bonchev–Trinajstić information content (AvgIpc) is 2.36. The minimum Gasteiger partial charge on any atom is -0.480 e.